The Hall–Kier alpha value is -4.86. The van der Waals surface area contributed by atoms with E-state index in [9.17, 15) is 34.5 Å². The topological polar surface area (TPSA) is 155 Å². The third-order valence-corrected chi connectivity index (χ3v) is 7.20. The number of carboxylic acid groups (broad SMARTS) is 1. The van der Waals surface area contributed by atoms with Crippen LogP contribution >= 0.6 is 0 Å². The van der Waals surface area contributed by atoms with Gasteiger partial charge in [0.25, 0.3) is 0 Å². The minimum Gasteiger partial charge on any atom is -0.507 e. The van der Waals surface area contributed by atoms with Crippen molar-refractivity contribution in [1.82, 2.24) is 4.57 Å². The summed E-state index contributed by atoms with van der Waals surface area (Å²) in [4.78, 5) is 50.7. The average molecular weight is 517 g/mol. The highest BCUT2D eigenvalue weighted by atomic mass is 16.5. The summed E-state index contributed by atoms with van der Waals surface area (Å²) in [6.07, 6.45) is 2.79. The van der Waals surface area contributed by atoms with E-state index in [1.165, 1.54) is 20.8 Å². The number of nitrogens with one attached hydrogen (secondary N) is 1. The minimum absolute atomic E-state index is 0.0138. The molecule has 10 nitrogen and oxygen atoms in total. The number of ether oxygens (including phenoxy) is 1. The van der Waals surface area contributed by atoms with Crippen molar-refractivity contribution in [2.24, 2.45) is 0 Å². The second kappa shape index (κ2) is 8.34. The lowest BCUT2D eigenvalue weighted by molar-refractivity contribution is -0.137. The lowest BCUT2D eigenvalue weighted by Crippen LogP contribution is -2.40. The molecule has 0 amide bonds. The first-order chi connectivity index (χ1) is 17.9. The Bertz CT molecular complexity index is 1690. The van der Waals surface area contributed by atoms with E-state index in [-0.39, 0.29) is 46.0 Å². The van der Waals surface area contributed by atoms with Crippen LogP contribution in [0.25, 0.3) is 10.9 Å². The molecule has 0 radical (unpaired) electrons. The molecule has 38 heavy (non-hydrogen) atoms. The number of carboxylic acids is 1. The molecule has 4 N–H and O–H groups in total. The number of anilines is 1. The van der Waals surface area contributed by atoms with Crippen molar-refractivity contribution < 1.29 is 39.2 Å². The molecule has 1 aliphatic carbocycles. The number of benzene rings is 2. The number of phenols is 2. The number of Topliss-reactive ketones (excluding diaryl/α,β-unsaturated/α-hetero) is 2. The van der Waals surface area contributed by atoms with Gasteiger partial charge in [-0.1, -0.05) is 6.07 Å². The zero-order valence-corrected chi connectivity index (χ0v) is 21.0. The van der Waals surface area contributed by atoms with Crippen LogP contribution in [-0.4, -0.2) is 43.2 Å². The summed E-state index contributed by atoms with van der Waals surface area (Å²) in [5.74, 6) is -3.83. The van der Waals surface area contributed by atoms with Crippen LogP contribution in [0, 0.1) is 6.92 Å². The zero-order chi connectivity index (χ0) is 27.7. The van der Waals surface area contributed by atoms with Gasteiger partial charge in [-0.25, -0.2) is 0 Å². The summed E-state index contributed by atoms with van der Waals surface area (Å²) in [7, 11) is 0. The van der Waals surface area contributed by atoms with E-state index < -0.39 is 40.2 Å². The Morgan fingerprint density at radius 3 is 2.47 bits per heavy atom. The van der Waals surface area contributed by atoms with E-state index in [0.29, 0.717) is 16.6 Å². The fraction of sp³-hybridized carbons (Fsp3) is 0.214. The van der Waals surface area contributed by atoms with Crippen LogP contribution in [0.2, 0.25) is 0 Å². The fourth-order valence-electron chi connectivity index (χ4n) is 5.24. The third-order valence-electron chi connectivity index (χ3n) is 7.20. The molecule has 1 aliphatic heterocycles. The predicted molar refractivity (Wildman–Crippen MR) is 136 cm³/mol. The van der Waals surface area contributed by atoms with Gasteiger partial charge in [0.05, 0.1) is 16.7 Å². The van der Waals surface area contributed by atoms with Crippen molar-refractivity contribution in [3.8, 4) is 17.2 Å². The number of carbonyl (C=O) groups is 4. The van der Waals surface area contributed by atoms with Gasteiger partial charge < -0.3 is 29.9 Å². The second-order valence-electron chi connectivity index (χ2n) is 9.59. The molecule has 0 saturated heterocycles. The summed E-state index contributed by atoms with van der Waals surface area (Å²) < 4.78 is 7.35. The molecular weight excluding hydrogens is 492 g/mol. The number of ketones is 3. The highest BCUT2D eigenvalue weighted by Crippen LogP contribution is 2.57. The summed E-state index contributed by atoms with van der Waals surface area (Å²) in [5.41, 5.74) is -0.476. The molecule has 3 aromatic rings. The number of nitrogens with zero attached hydrogens (tertiary/aromatic N) is 1. The van der Waals surface area contributed by atoms with Crippen molar-refractivity contribution >= 4 is 39.9 Å². The zero-order valence-electron chi connectivity index (χ0n) is 21.0. The Kier molecular flexibility index (Phi) is 5.45. The summed E-state index contributed by atoms with van der Waals surface area (Å²) in [5, 5.41) is 34.4. The monoisotopic (exact) mass is 516 g/mol. The van der Waals surface area contributed by atoms with E-state index in [1.54, 1.807) is 42.0 Å². The van der Waals surface area contributed by atoms with Crippen molar-refractivity contribution in [3.05, 3.63) is 70.3 Å². The number of aromatic hydroxyl groups is 2. The van der Waals surface area contributed by atoms with Crippen LogP contribution < -0.4 is 10.1 Å². The van der Waals surface area contributed by atoms with Gasteiger partial charge in [0.1, 0.15) is 40.5 Å². The van der Waals surface area contributed by atoms with Crippen LogP contribution in [0.15, 0.2) is 53.6 Å². The number of allylic oxidation sites excluding steroid dienone is 4. The number of hydrogen-bond donors (Lipinski definition) is 4. The fourth-order valence-corrected chi connectivity index (χ4v) is 5.24. The minimum atomic E-state index is -1.62. The van der Waals surface area contributed by atoms with Gasteiger partial charge in [-0.05, 0) is 45.9 Å². The Morgan fingerprint density at radius 1 is 1.11 bits per heavy atom. The maximum absolute atomic E-state index is 14.0. The first-order valence-electron chi connectivity index (χ1n) is 11.7. The van der Waals surface area contributed by atoms with Gasteiger partial charge in [-0.2, -0.15) is 0 Å². The lowest BCUT2D eigenvalue weighted by Gasteiger charge is -2.29. The van der Waals surface area contributed by atoms with Crippen LogP contribution in [0.4, 0.5) is 5.69 Å². The van der Waals surface area contributed by atoms with Crippen molar-refractivity contribution in [2.75, 3.05) is 5.32 Å². The lowest BCUT2D eigenvalue weighted by atomic mass is 9.70. The van der Waals surface area contributed by atoms with Gasteiger partial charge in [0, 0.05) is 34.6 Å². The Labute approximate surface area is 216 Å². The molecule has 0 unspecified atom stereocenters. The standard InChI is InChI=1S/C28H24N2O8/c1-12-24(35)22(14(3)31)26-23(25(12)36)28(4)19(38-26)10-18(32)21(27(28)37)13(2)29-16-6-5-7-17-15(16)8-9-30(17)11-20(33)34/h5-10,29,35-36H,11H2,1-4H3,(H,33,34)/b21-13+/t28-/m0/s1. The van der Waals surface area contributed by atoms with Crippen LogP contribution in [0.3, 0.4) is 0 Å². The van der Waals surface area contributed by atoms with Gasteiger partial charge >= 0.3 is 5.97 Å². The molecule has 1 aromatic heterocycles. The normalized spacial score (nSPS) is 19.5. The maximum Gasteiger partial charge on any atom is 0.323 e. The maximum atomic E-state index is 14.0. The van der Waals surface area contributed by atoms with E-state index in [1.807, 2.05) is 0 Å². The highest BCUT2D eigenvalue weighted by Gasteiger charge is 2.56. The van der Waals surface area contributed by atoms with Crippen LogP contribution in [0.1, 0.15) is 42.3 Å². The van der Waals surface area contributed by atoms with Gasteiger partial charge in [-0.15, -0.1) is 0 Å². The number of fused-ring (bicyclic) bond motifs is 4. The number of carbonyl (C=O) groups excluding carboxylic acids is 3. The largest absolute Gasteiger partial charge is 0.507 e. The van der Waals surface area contributed by atoms with E-state index in [2.05, 4.69) is 5.32 Å². The smallest absolute Gasteiger partial charge is 0.323 e. The number of aromatic nitrogens is 1. The van der Waals surface area contributed by atoms with Crippen LogP contribution in [0.5, 0.6) is 17.2 Å². The number of hydrogen-bond acceptors (Lipinski definition) is 8. The molecule has 2 aliphatic rings. The molecule has 1 atom stereocenters. The van der Waals surface area contributed by atoms with E-state index >= 15 is 0 Å². The van der Waals surface area contributed by atoms with Gasteiger partial charge in [-0.3, -0.25) is 19.2 Å². The Morgan fingerprint density at radius 2 is 1.82 bits per heavy atom. The molecule has 0 spiro atoms. The first kappa shape index (κ1) is 24.8. The van der Waals surface area contributed by atoms with E-state index in [4.69, 9.17) is 4.74 Å². The molecule has 2 heterocycles. The average Bonchev–Trinajstić information content (AvgIpc) is 3.37. The molecule has 10 heteroatoms. The number of rotatable bonds is 5. The van der Waals surface area contributed by atoms with Crippen molar-refractivity contribution in [2.45, 2.75) is 39.7 Å². The van der Waals surface area contributed by atoms with Crippen molar-refractivity contribution in [1.29, 1.82) is 0 Å². The van der Waals surface area contributed by atoms with Crippen LogP contribution in [-0.2, 0) is 26.3 Å². The summed E-state index contributed by atoms with van der Waals surface area (Å²) in [6.45, 7) is 5.49. The van der Waals surface area contributed by atoms with Crippen molar-refractivity contribution in [3.63, 3.8) is 0 Å². The van der Waals surface area contributed by atoms with Gasteiger partial charge in [0.15, 0.2) is 17.3 Å². The molecule has 5 rings (SSSR count). The molecule has 2 aromatic carbocycles. The Balaban J connectivity index is 1.64. The number of aliphatic carboxylic acids is 1. The van der Waals surface area contributed by atoms with E-state index in [0.717, 1.165) is 6.08 Å². The highest BCUT2D eigenvalue weighted by molar-refractivity contribution is 6.31. The summed E-state index contributed by atoms with van der Waals surface area (Å²) >= 11 is 0. The first-order valence-corrected chi connectivity index (χ1v) is 11.7. The van der Waals surface area contributed by atoms with Gasteiger partial charge in [0.2, 0.25) is 0 Å². The number of phenolic OH excluding ortho intramolecular Hbond substituents is 2. The summed E-state index contributed by atoms with van der Waals surface area (Å²) in [6, 6.07) is 6.96. The molecule has 194 valence electrons. The molecule has 0 bridgehead atoms. The molecular formula is C28H24N2O8. The molecule has 0 saturated carbocycles. The third kappa shape index (κ3) is 3.33. The SMILES string of the molecule is CC(=O)c1c(O)c(C)c(O)c2c1OC1=CC(=O)/C(=C(/C)Nc3cccc4c3ccn4CC(=O)O)C(=O)[C@@]12C. The quantitative estimate of drug-likeness (QED) is 0.226. The molecule has 0 fully saturated rings. The predicted octanol–water partition coefficient (Wildman–Crippen LogP) is 3.72. The second-order valence-corrected chi connectivity index (χ2v) is 9.59.